The van der Waals surface area contributed by atoms with Gasteiger partial charge in [-0.15, -0.1) is 0 Å². The molecule has 4 rings (SSSR count). The molecule has 0 aromatic heterocycles. The maximum absolute atomic E-state index is 2.44. The van der Waals surface area contributed by atoms with Gasteiger partial charge in [-0.1, -0.05) is 60.7 Å². The summed E-state index contributed by atoms with van der Waals surface area (Å²) in [5, 5.41) is 0. The molecule has 1 aliphatic carbocycles. The standard InChI is InChI=1S/C31H35N2/c1-5-32(6-2)26-20-18-25(19-21-26)31(24-14-10-9-11-15-24)29-22-23-30(33(7-3)8-4)28-17-13-12-16-27(28)29/h9-23H,5-8H2,1-4H3/q+1. The molecule has 0 unspecified atom stereocenters. The van der Waals surface area contributed by atoms with E-state index in [1.165, 1.54) is 44.8 Å². The quantitative estimate of drug-likeness (QED) is 0.366. The van der Waals surface area contributed by atoms with Gasteiger partial charge in [0.25, 0.3) is 0 Å². The molecule has 1 aliphatic rings. The van der Waals surface area contributed by atoms with Crippen LogP contribution in [0.2, 0.25) is 0 Å². The number of anilines is 1. The number of hydrogen-bond acceptors (Lipinski definition) is 1. The first-order valence-corrected chi connectivity index (χ1v) is 12.3. The van der Waals surface area contributed by atoms with Crippen LogP contribution in [0.5, 0.6) is 0 Å². The van der Waals surface area contributed by atoms with Crippen LogP contribution >= 0.6 is 0 Å². The molecule has 0 atom stereocenters. The van der Waals surface area contributed by atoms with Crippen molar-refractivity contribution in [2.75, 3.05) is 31.1 Å². The molecule has 168 valence electrons. The molecule has 3 aromatic rings. The fourth-order valence-electron chi connectivity index (χ4n) is 4.85. The predicted molar refractivity (Wildman–Crippen MR) is 143 cm³/mol. The van der Waals surface area contributed by atoms with Gasteiger partial charge in [0, 0.05) is 24.9 Å². The number of fused-ring (bicyclic) bond motifs is 1. The fourth-order valence-corrected chi connectivity index (χ4v) is 4.85. The average molecular weight is 436 g/mol. The lowest BCUT2D eigenvalue weighted by molar-refractivity contribution is -0.519. The Morgan fingerprint density at radius 2 is 1.21 bits per heavy atom. The number of allylic oxidation sites excluding steroid dienone is 3. The van der Waals surface area contributed by atoms with Crippen molar-refractivity contribution in [1.82, 2.24) is 0 Å². The minimum absolute atomic E-state index is 1.00. The lowest BCUT2D eigenvalue weighted by atomic mass is 9.83. The lowest BCUT2D eigenvalue weighted by Crippen LogP contribution is -2.23. The van der Waals surface area contributed by atoms with Gasteiger partial charge in [-0.05, 0) is 79.8 Å². The van der Waals surface area contributed by atoms with Crippen LogP contribution in [0, 0.1) is 0 Å². The van der Waals surface area contributed by atoms with Crippen LogP contribution in [0.1, 0.15) is 49.9 Å². The van der Waals surface area contributed by atoms with Gasteiger partial charge in [0.2, 0.25) is 5.71 Å². The maximum atomic E-state index is 2.44. The predicted octanol–water partition coefficient (Wildman–Crippen LogP) is 6.90. The van der Waals surface area contributed by atoms with Crippen LogP contribution in [-0.2, 0) is 0 Å². The van der Waals surface area contributed by atoms with E-state index in [0.29, 0.717) is 0 Å². The van der Waals surface area contributed by atoms with Gasteiger partial charge in [0.05, 0.1) is 5.56 Å². The smallest absolute Gasteiger partial charge is 0.207 e. The van der Waals surface area contributed by atoms with E-state index in [1.54, 1.807) is 0 Å². The Labute approximate surface area is 199 Å². The highest BCUT2D eigenvalue weighted by Crippen LogP contribution is 2.37. The second-order valence-electron chi connectivity index (χ2n) is 8.31. The molecule has 0 saturated carbocycles. The molecule has 0 fully saturated rings. The van der Waals surface area contributed by atoms with Gasteiger partial charge >= 0.3 is 0 Å². The van der Waals surface area contributed by atoms with Gasteiger partial charge in [-0.2, -0.15) is 0 Å². The van der Waals surface area contributed by atoms with E-state index in [1.807, 2.05) is 0 Å². The molecule has 0 saturated heterocycles. The SMILES string of the molecule is CCN(CC)c1ccc(/C(=C2\C=CC(=[N+](CC)CC)c3ccccc32)c2ccccc2)cc1. The minimum atomic E-state index is 1.00. The number of rotatable bonds is 7. The van der Waals surface area contributed by atoms with Crippen LogP contribution in [0.3, 0.4) is 0 Å². The van der Waals surface area contributed by atoms with Crippen molar-refractivity contribution >= 4 is 22.5 Å². The summed E-state index contributed by atoms with van der Waals surface area (Å²) in [5.74, 6) is 0. The van der Waals surface area contributed by atoms with E-state index < -0.39 is 0 Å². The fraction of sp³-hybridized carbons (Fsp3) is 0.258. The van der Waals surface area contributed by atoms with E-state index >= 15 is 0 Å². The van der Waals surface area contributed by atoms with Gasteiger partial charge in [0.1, 0.15) is 13.1 Å². The van der Waals surface area contributed by atoms with Crippen molar-refractivity contribution in [3.8, 4) is 0 Å². The third-order valence-electron chi connectivity index (χ3n) is 6.62. The molecule has 0 spiro atoms. The molecule has 0 amide bonds. The Balaban J connectivity index is 1.95. The first kappa shape index (κ1) is 22.8. The van der Waals surface area contributed by atoms with Crippen LogP contribution in [0.15, 0.2) is 91.0 Å². The van der Waals surface area contributed by atoms with Crippen LogP contribution < -0.4 is 4.90 Å². The zero-order chi connectivity index (χ0) is 23.2. The molecule has 0 heterocycles. The van der Waals surface area contributed by atoms with Gasteiger partial charge in [-0.3, -0.25) is 0 Å². The minimum Gasteiger partial charge on any atom is -0.372 e. The highest BCUT2D eigenvalue weighted by Gasteiger charge is 2.24. The Morgan fingerprint density at radius 3 is 1.82 bits per heavy atom. The molecule has 0 aliphatic heterocycles. The molecule has 3 aromatic carbocycles. The monoisotopic (exact) mass is 435 g/mol. The highest BCUT2D eigenvalue weighted by molar-refractivity contribution is 6.17. The topological polar surface area (TPSA) is 6.25 Å². The van der Waals surface area contributed by atoms with Crippen LogP contribution in [-0.4, -0.2) is 36.5 Å². The summed E-state index contributed by atoms with van der Waals surface area (Å²) < 4.78 is 2.44. The van der Waals surface area contributed by atoms with Crippen molar-refractivity contribution in [2.24, 2.45) is 0 Å². The van der Waals surface area contributed by atoms with Gasteiger partial charge in [-0.25, -0.2) is 4.58 Å². The van der Waals surface area contributed by atoms with Crippen LogP contribution in [0.25, 0.3) is 11.1 Å². The Morgan fingerprint density at radius 1 is 0.636 bits per heavy atom. The summed E-state index contributed by atoms with van der Waals surface area (Å²) in [6.07, 6.45) is 4.62. The van der Waals surface area contributed by atoms with Gasteiger partial charge < -0.3 is 4.90 Å². The summed E-state index contributed by atoms with van der Waals surface area (Å²) in [4.78, 5) is 2.39. The largest absolute Gasteiger partial charge is 0.372 e. The third kappa shape index (κ3) is 4.57. The highest BCUT2D eigenvalue weighted by atomic mass is 15.1. The normalized spacial score (nSPS) is 14.1. The number of hydrogen-bond donors (Lipinski definition) is 0. The number of nitrogens with zero attached hydrogens (tertiary/aromatic N) is 2. The summed E-state index contributed by atoms with van der Waals surface area (Å²) in [7, 11) is 0. The zero-order valence-electron chi connectivity index (χ0n) is 20.4. The molecule has 2 heteroatoms. The van der Waals surface area contributed by atoms with E-state index in [0.717, 1.165) is 26.2 Å². The Hall–Kier alpha value is -3.39. The summed E-state index contributed by atoms with van der Waals surface area (Å²) >= 11 is 0. The van der Waals surface area contributed by atoms with Crippen molar-refractivity contribution in [3.63, 3.8) is 0 Å². The summed E-state index contributed by atoms with van der Waals surface area (Å²) in [6, 6.07) is 28.7. The third-order valence-corrected chi connectivity index (χ3v) is 6.62. The van der Waals surface area contributed by atoms with Crippen LogP contribution in [0.4, 0.5) is 5.69 Å². The van der Waals surface area contributed by atoms with E-state index in [-0.39, 0.29) is 0 Å². The molecule has 0 radical (unpaired) electrons. The Kier molecular flexibility index (Phi) is 7.24. The average Bonchev–Trinajstić information content (AvgIpc) is 2.88. The summed E-state index contributed by atoms with van der Waals surface area (Å²) in [6.45, 7) is 12.9. The molecule has 0 bridgehead atoms. The second kappa shape index (κ2) is 10.5. The lowest BCUT2D eigenvalue weighted by Gasteiger charge is -2.23. The first-order chi connectivity index (χ1) is 16.2. The molecular weight excluding hydrogens is 400 g/mol. The van der Waals surface area contributed by atoms with Gasteiger partial charge in [0.15, 0.2) is 0 Å². The van der Waals surface area contributed by atoms with E-state index in [2.05, 4.69) is 128 Å². The Bertz CT molecular complexity index is 1170. The van der Waals surface area contributed by atoms with E-state index in [4.69, 9.17) is 0 Å². The van der Waals surface area contributed by atoms with Crippen molar-refractivity contribution in [3.05, 3.63) is 113 Å². The summed E-state index contributed by atoms with van der Waals surface area (Å²) in [5.41, 5.74) is 10.3. The zero-order valence-corrected chi connectivity index (χ0v) is 20.4. The molecular formula is C31H35N2+. The first-order valence-electron chi connectivity index (χ1n) is 12.3. The molecule has 33 heavy (non-hydrogen) atoms. The van der Waals surface area contributed by atoms with Crippen molar-refractivity contribution < 1.29 is 4.58 Å². The number of benzene rings is 3. The molecule has 0 N–H and O–H groups in total. The van der Waals surface area contributed by atoms with E-state index in [9.17, 15) is 0 Å². The molecule has 2 nitrogen and oxygen atoms in total. The van der Waals surface area contributed by atoms with Crippen molar-refractivity contribution in [1.29, 1.82) is 0 Å². The van der Waals surface area contributed by atoms with Crippen molar-refractivity contribution in [2.45, 2.75) is 27.7 Å². The maximum Gasteiger partial charge on any atom is 0.207 e. The second-order valence-corrected chi connectivity index (χ2v) is 8.31.